The number of hydrogen-bond donors (Lipinski definition) is 1. The molecule has 0 saturated heterocycles. The van der Waals surface area contributed by atoms with Crippen LogP contribution in [0.4, 0.5) is 11.5 Å². The van der Waals surface area contributed by atoms with Gasteiger partial charge in [-0.25, -0.2) is 4.98 Å². The van der Waals surface area contributed by atoms with Gasteiger partial charge in [-0.15, -0.1) is 0 Å². The van der Waals surface area contributed by atoms with Crippen LogP contribution in [0.3, 0.4) is 0 Å². The Morgan fingerprint density at radius 1 is 1.62 bits per heavy atom. The van der Waals surface area contributed by atoms with Crippen molar-refractivity contribution in [3.05, 3.63) is 27.9 Å². The van der Waals surface area contributed by atoms with Gasteiger partial charge in [0, 0.05) is 35.4 Å². The Hall–Kier alpha value is -1.50. The van der Waals surface area contributed by atoms with Gasteiger partial charge in [0.15, 0.2) is 0 Å². The van der Waals surface area contributed by atoms with Crippen molar-refractivity contribution in [1.82, 2.24) is 4.98 Å². The summed E-state index contributed by atoms with van der Waals surface area (Å²) in [4.78, 5) is 13.9. The van der Waals surface area contributed by atoms with E-state index in [1.807, 2.05) is 0 Å². The summed E-state index contributed by atoms with van der Waals surface area (Å²) in [5.74, 6) is 1.12. The molecule has 1 heterocycles. The third kappa shape index (κ3) is 3.58. The van der Waals surface area contributed by atoms with Gasteiger partial charge in [-0.2, -0.15) is 0 Å². The summed E-state index contributed by atoms with van der Waals surface area (Å²) >= 11 is 0. The van der Waals surface area contributed by atoms with Crippen LogP contribution in [0.5, 0.6) is 0 Å². The molecule has 0 aliphatic heterocycles. The highest BCUT2D eigenvalue weighted by Gasteiger charge is 2.08. The third-order valence-electron chi connectivity index (χ3n) is 1.96. The molecule has 1 N–H and O–H groups in total. The minimum absolute atomic E-state index is 0.0258. The Morgan fingerprint density at radius 2 is 2.31 bits per heavy atom. The highest BCUT2D eigenvalue weighted by atomic mass is 32.2. The van der Waals surface area contributed by atoms with Gasteiger partial charge in [0.25, 0.3) is 5.69 Å². The number of nitrogens with zero attached hydrogens (tertiary/aromatic N) is 2. The Kier molecular flexibility index (Phi) is 4.36. The molecule has 0 aliphatic rings. The summed E-state index contributed by atoms with van der Waals surface area (Å²) < 4.78 is 10.8. The van der Waals surface area contributed by atoms with E-state index in [1.165, 1.54) is 12.3 Å². The van der Waals surface area contributed by atoms with Gasteiger partial charge in [0.05, 0.1) is 4.92 Å². The van der Waals surface area contributed by atoms with Crippen LogP contribution in [-0.4, -0.2) is 32.7 Å². The summed E-state index contributed by atoms with van der Waals surface area (Å²) in [6.07, 6.45) is 2.83. The van der Waals surface area contributed by atoms with Crippen LogP contribution in [0.15, 0.2) is 12.3 Å². The molecule has 0 fully saturated rings. The molecule has 88 valence electrons. The van der Waals surface area contributed by atoms with Crippen LogP contribution in [0, 0.1) is 17.0 Å². The van der Waals surface area contributed by atoms with Crippen molar-refractivity contribution >= 4 is 22.3 Å². The Balaban J connectivity index is 2.68. The zero-order valence-electron chi connectivity index (χ0n) is 9.10. The summed E-state index contributed by atoms with van der Waals surface area (Å²) in [5.41, 5.74) is 0.679. The van der Waals surface area contributed by atoms with E-state index in [0.29, 0.717) is 23.7 Å². The van der Waals surface area contributed by atoms with Crippen molar-refractivity contribution in [3.63, 3.8) is 0 Å². The lowest BCUT2D eigenvalue weighted by Gasteiger charge is -2.06. The van der Waals surface area contributed by atoms with Crippen molar-refractivity contribution in [1.29, 1.82) is 0 Å². The monoisotopic (exact) mass is 243 g/mol. The minimum Gasteiger partial charge on any atom is -0.369 e. The fourth-order valence-corrected chi connectivity index (χ4v) is 1.55. The van der Waals surface area contributed by atoms with Crippen LogP contribution in [-0.2, 0) is 10.8 Å². The van der Waals surface area contributed by atoms with Crippen molar-refractivity contribution in [2.45, 2.75) is 6.92 Å². The fraction of sp³-hybridized carbons (Fsp3) is 0.444. The highest BCUT2D eigenvalue weighted by Crippen LogP contribution is 2.17. The number of hydrogen-bond acceptors (Lipinski definition) is 5. The summed E-state index contributed by atoms with van der Waals surface area (Å²) in [6, 6.07) is 1.46. The lowest BCUT2D eigenvalue weighted by molar-refractivity contribution is -0.385. The van der Waals surface area contributed by atoms with Crippen molar-refractivity contribution in [2.24, 2.45) is 0 Å². The number of pyridine rings is 1. The lowest BCUT2D eigenvalue weighted by Crippen LogP contribution is -2.11. The summed E-state index contributed by atoms with van der Waals surface area (Å²) in [6.45, 7) is 2.28. The van der Waals surface area contributed by atoms with Gasteiger partial charge in [-0.05, 0) is 12.5 Å². The van der Waals surface area contributed by atoms with Crippen LogP contribution < -0.4 is 5.32 Å². The van der Waals surface area contributed by atoms with Gasteiger partial charge < -0.3 is 5.32 Å². The molecule has 6 nitrogen and oxygen atoms in total. The molecule has 1 aromatic heterocycles. The number of aryl methyl sites for hydroxylation is 1. The molecule has 0 saturated carbocycles. The highest BCUT2D eigenvalue weighted by molar-refractivity contribution is 7.84. The molecule has 1 atom stereocenters. The maximum absolute atomic E-state index is 10.8. The van der Waals surface area contributed by atoms with Crippen LogP contribution >= 0.6 is 0 Å². The lowest BCUT2D eigenvalue weighted by atomic mass is 10.2. The average molecular weight is 243 g/mol. The third-order valence-corrected chi connectivity index (χ3v) is 2.74. The van der Waals surface area contributed by atoms with E-state index in [2.05, 4.69) is 10.3 Å². The summed E-state index contributed by atoms with van der Waals surface area (Å²) in [5, 5.41) is 13.5. The predicted molar refractivity (Wildman–Crippen MR) is 63.1 cm³/mol. The Labute approximate surface area is 95.7 Å². The maximum Gasteiger partial charge on any atom is 0.287 e. The second-order valence-electron chi connectivity index (χ2n) is 3.32. The largest absolute Gasteiger partial charge is 0.369 e. The second kappa shape index (κ2) is 5.55. The Bertz CT molecular complexity index is 422. The smallest absolute Gasteiger partial charge is 0.287 e. The van der Waals surface area contributed by atoms with Crippen LogP contribution in [0.2, 0.25) is 0 Å². The molecule has 0 radical (unpaired) electrons. The SMILES string of the molecule is Cc1cc([N+](=O)[O-])cnc1NCCS(C)=O. The second-order valence-corrected chi connectivity index (χ2v) is 4.87. The molecule has 0 aliphatic carbocycles. The van der Waals surface area contributed by atoms with E-state index in [9.17, 15) is 14.3 Å². The van der Waals surface area contributed by atoms with E-state index in [0.717, 1.165) is 0 Å². The molecule has 0 spiro atoms. The standard InChI is InChI=1S/C9H13N3O3S/c1-7-5-8(12(13)14)6-11-9(7)10-3-4-16(2)15/h5-6H,3-4H2,1-2H3,(H,10,11). The molecule has 7 heteroatoms. The minimum atomic E-state index is -0.856. The van der Waals surface area contributed by atoms with E-state index < -0.39 is 15.7 Å². The predicted octanol–water partition coefficient (Wildman–Crippen LogP) is 1.09. The molecular weight excluding hydrogens is 230 g/mol. The molecule has 1 unspecified atom stereocenters. The number of anilines is 1. The number of nitro groups is 1. The van der Waals surface area contributed by atoms with Crippen molar-refractivity contribution in [2.75, 3.05) is 23.9 Å². The van der Waals surface area contributed by atoms with Crippen LogP contribution in [0.25, 0.3) is 0 Å². The topological polar surface area (TPSA) is 85.1 Å². The molecule has 0 aromatic carbocycles. The van der Waals surface area contributed by atoms with Gasteiger partial charge in [-0.1, -0.05) is 0 Å². The van der Waals surface area contributed by atoms with E-state index in [4.69, 9.17) is 0 Å². The fourth-order valence-electron chi connectivity index (χ4n) is 1.16. The Morgan fingerprint density at radius 3 is 2.81 bits per heavy atom. The molecule has 1 rings (SSSR count). The van der Waals surface area contributed by atoms with Crippen molar-refractivity contribution in [3.8, 4) is 0 Å². The molecule has 0 bridgehead atoms. The zero-order valence-corrected chi connectivity index (χ0v) is 9.91. The van der Waals surface area contributed by atoms with Gasteiger partial charge in [0.1, 0.15) is 12.0 Å². The number of aromatic nitrogens is 1. The first-order valence-electron chi connectivity index (χ1n) is 4.65. The first-order chi connectivity index (χ1) is 7.50. The van der Waals surface area contributed by atoms with E-state index in [-0.39, 0.29) is 5.69 Å². The first kappa shape index (κ1) is 12.6. The molecular formula is C9H13N3O3S. The maximum atomic E-state index is 10.8. The number of rotatable bonds is 5. The van der Waals surface area contributed by atoms with E-state index >= 15 is 0 Å². The van der Waals surface area contributed by atoms with Crippen LogP contribution in [0.1, 0.15) is 5.56 Å². The number of nitrogens with one attached hydrogen (secondary N) is 1. The normalized spacial score (nSPS) is 12.1. The van der Waals surface area contributed by atoms with Gasteiger partial charge in [0.2, 0.25) is 0 Å². The first-order valence-corrected chi connectivity index (χ1v) is 6.38. The van der Waals surface area contributed by atoms with Crippen molar-refractivity contribution < 1.29 is 9.13 Å². The van der Waals surface area contributed by atoms with Gasteiger partial charge >= 0.3 is 0 Å². The molecule has 16 heavy (non-hydrogen) atoms. The molecule has 1 aromatic rings. The molecule has 0 amide bonds. The van der Waals surface area contributed by atoms with Gasteiger partial charge in [-0.3, -0.25) is 14.3 Å². The zero-order chi connectivity index (χ0) is 12.1. The average Bonchev–Trinajstić information content (AvgIpc) is 2.19. The quantitative estimate of drug-likeness (QED) is 0.618. The van der Waals surface area contributed by atoms with E-state index in [1.54, 1.807) is 13.2 Å². The summed E-state index contributed by atoms with van der Waals surface area (Å²) in [7, 11) is -0.856.